The molecule has 3 heterocycles. The largest absolute Gasteiger partial charge is 0.457 e. The van der Waals surface area contributed by atoms with Gasteiger partial charge in [-0.25, -0.2) is 36.2 Å². The monoisotopic (exact) mass is 726 g/mol. The molecule has 0 radical (unpaired) electrons. The van der Waals surface area contributed by atoms with Gasteiger partial charge in [-0.15, -0.1) is 0 Å². The minimum atomic E-state index is -5.16. The lowest BCUT2D eigenvalue weighted by molar-refractivity contribution is -0.0551. The molecule has 2 N–H and O–H groups in total. The Morgan fingerprint density at radius 3 is 2.18 bits per heavy atom. The molecule has 1 saturated heterocycles. The van der Waals surface area contributed by atoms with Gasteiger partial charge in [0.2, 0.25) is 21.7 Å². The Kier molecular flexibility index (Phi) is 8.76. The predicted molar refractivity (Wildman–Crippen MR) is 172 cm³/mol. The molecule has 17 heteroatoms. The molecule has 0 saturated carbocycles. The van der Waals surface area contributed by atoms with Crippen molar-refractivity contribution in [1.82, 2.24) is 24.1 Å². The van der Waals surface area contributed by atoms with Crippen LogP contribution >= 0.6 is 0 Å². The molecule has 7 rings (SSSR count). The van der Waals surface area contributed by atoms with Gasteiger partial charge in [-0.2, -0.15) is 22.6 Å². The van der Waals surface area contributed by atoms with E-state index in [1.165, 1.54) is 6.33 Å². The Morgan fingerprint density at radius 1 is 0.824 bits per heavy atom. The highest BCUT2D eigenvalue weighted by atomic mass is 32.2. The maximum atomic E-state index is 14.7. The lowest BCUT2D eigenvalue weighted by Gasteiger charge is -2.20. The summed E-state index contributed by atoms with van der Waals surface area (Å²) in [6.45, 7) is -4.42. The van der Waals surface area contributed by atoms with Gasteiger partial charge in [-0.3, -0.25) is 0 Å². The van der Waals surface area contributed by atoms with E-state index in [2.05, 4.69) is 14.7 Å². The molecule has 6 aromatic rings. The summed E-state index contributed by atoms with van der Waals surface area (Å²) in [5.74, 6) is -10.7. The van der Waals surface area contributed by atoms with E-state index in [1.54, 1.807) is 41.1 Å². The second-order valence-corrected chi connectivity index (χ2v) is 13.3. The highest BCUT2D eigenvalue weighted by Gasteiger charge is 2.41. The smallest absolute Gasteiger partial charge is 0.387 e. The van der Waals surface area contributed by atoms with E-state index in [4.69, 9.17) is 15.6 Å². The Bertz CT molecular complexity index is 2360. The fraction of sp³-hybridized carbons (Fsp3) is 0.147. The van der Waals surface area contributed by atoms with Crippen LogP contribution < -0.4 is 15.2 Å². The van der Waals surface area contributed by atoms with Crippen molar-refractivity contribution in [1.29, 1.82) is 0 Å². The van der Waals surface area contributed by atoms with E-state index in [0.29, 0.717) is 49.3 Å². The number of nitrogen functional groups attached to an aromatic ring is 1. The first kappa shape index (κ1) is 33.8. The zero-order valence-electron chi connectivity index (χ0n) is 26.0. The average Bonchev–Trinajstić information content (AvgIpc) is 3.78. The van der Waals surface area contributed by atoms with Gasteiger partial charge in [-0.05, 0) is 66.4 Å². The standard InChI is InChI=1S/C34H24F6N6O4S/c35-25-26(36)28(38)31(30(27(25)37)50-34(39)40)51(47,48)45-15-14-20(16-45)18-6-10-21(11-7-18)46-33-24(32(41)42-17-43-33)29(44-46)19-8-12-23(13-9-19)49-22-4-2-1-3-5-22/h1-13,17,20,34H,14-16H2,(H2,41,42,43)/t20-/m0/s1. The number of anilines is 1. The summed E-state index contributed by atoms with van der Waals surface area (Å²) in [7, 11) is -5.16. The van der Waals surface area contributed by atoms with Crippen LogP contribution in [0.5, 0.6) is 17.2 Å². The van der Waals surface area contributed by atoms with Crippen LogP contribution in [0.25, 0.3) is 28.0 Å². The molecule has 0 aliphatic carbocycles. The minimum absolute atomic E-state index is 0.181. The number of benzene rings is 4. The number of hydrogen-bond donors (Lipinski definition) is 1. The van der Waals surface area contributed by atoms with Crippen LogP contribution in [0.4, 0.5) is 32.2 Å². The number of nitrogens with zero attached hydrogens (tertiary/aromatic N) is 5. The third-order valence-corrected chi connectivity index (χ3v) is 10.2. The van der Waals surface area contributed by atoms with E-state index in [0.717, 1.165) is 0 Å². The zero-order valence-corrected chi connectivity index (χ0v) is 26.8. The van der Waals surface area contributed by atoms with Crippen LogP contribution in [0.1, 0.15) is 17.9 Å². The summed E-state index contributed by atoms with van der Waals surface area (Å²) in [6, 6.07) is 23.3. The highest BCUT2D eigenvalue weighted by Crippen LogP contribution is 2.40. The number of fused-ring (bicyclic) bond motifs is 1. The van der Waals surface area contributed by atoms with Crippen LogP contribution in [0.3, 0.4) is 0 Å². The van der Waals surface area contributed by atoms with E-state index in [1.807, 2.05) is 42.5 Å². The van der Waals surface area contributed by atoms with Crippen LogP contribution in [0.2, 0.25) is 0 Å². The number of para-hydroxylation sites is 1. The first-order chi connectivity index (χ1) is 24.4. The molecular formula is C34H24F6N6O4S. The lowest BCUT2D eigenvalue weighted by atomic mass is 9.98. The summed E-state index contributed by atoms with van der Waals surface area (Å²) in [5, 5.41) is 5.29. The van der Waals surface area contributed by atoms with E-state index >= 15 is 0 Å². The first-order valence-electron chi connectivity index (χ1n) is 15.2. The van der Waals surface area contributed by atoms with Gasteiger partial charge in [0.05, 0.1) is 11.1 Å². The Hall–Kier alpha value is -5.68. The van der Waals surface area contributed by atoms with Gasteiger partial charge in [0, 0.05) is 18.7 Å². The second kappa shape index (κ2) is 13.2. The Morgan fingerprint density at radius 2 is 1.49 bits per heavy atom. The van der Waals surface area contributed by atoms with Crippen LogP contribution in [0, 0.1) is 23.3 Å². The number of halogens is 6. The van der Waals surface area contributed by atoms with Crippen molar-refractivity contribution in [2.45, 2.75) is 23.8 Å². The molecule has 2 aromatic heterocycles. The molecule has 1 atom stereocenters. The van der Waals surface area contributed by atoms with Crippen molar-refractivity contribution in [2.75, 3.05) is 18.8 Å². The van der Waals surface area contributed by atoms with Crippen LogP contribution in [0.15, 0.2) is 90.1 Å². The van der Waals surface area contributed by atoms with Gasteiger partial charge in [0.25, 0.3) is 0 Å². The Labute approximate surface area is 285 Å². The summed E-state index contributed by atoms with van der Waals surface area (Å²) in [6.07, 6.45) is 1.48. The number of nitrogens with two attached hydrogens (primary N) is 1. The molecule has 1 aliphatic heterocycles. The zero-order chi connectivity index (χ0) is 36.0. The van der Waals surface area contributed by atoms with Crippen molar-refractivity contribution in [3.05, 3.63) is 114 Å². The fourth-order valence-corrected chi connectivity index (χ4v) is 7.58. The molecule has 1 fully saturated rings. The number of aromatic nitrogens is 4. The Balaban J connectivity index is 1.15. The number of sulfonamides is 1. The van der Waals surface area contributed by atoms with Crippen molar-refractivity contribution < 1.29 is 44.2 Å². The van der Waals surface area contributed by atoms with Crippen molar-refractivity contribution >= 4 is 26.9 Å². The number of alkyl halides is 2. The summed E-state index contributed by atoms with van der Waals surface area (Å²) in [4.78, 5) is 6.68. The van der Waals surface area contributed by atoms with E-state index < -0.39 is 56.5 Å². The highest BCUT2D eigenvalue weighted by molar-refractivity contribution is 7.89. The van der Waals surface area contributed by atoms with Crippen molar-refractivity contribution in [3.8, 4) is 34.2 Å². The molecule has 0 amide bonds. The number of hydrogen-bond acceptors (Lipinski definition) is 8. The molecular weight excluding hydrogens is 702 g/mol. The molecule has 0 unspecified atom stereocenters. The van der Waals surface area contributed by atoms with Crippen molar-refractivity contribution in [3.63, 3.8) is 0 Å². The van der Waals surface area contributed by atoms with E-state index in [9.17, 15) is 34.8 Å². The number of rotatable bonds is 9. The molecule has 4 aromatic carbocycles. The normalized spacial score (nSPS) is 15.2. The summed E-state index contributed by atoms with van der Waals surface area (Å²) >= 11 is 0. The van der Waals surface area contributed by atoms with Gasteiger partial charge in [0.1, 0.15) is 29.3 Å². The molecule has 0 spiro atoms. The molecule has 51 heavy (non-hydrogen) atoms. The van der Waals surface area contributed by atoms with Gasteiger partial charge >= 0.3 is 6.61 Å². The average molecular weight is 727 g/mol. The molecule has 0 bridgehead atoms. The predicted octanol–water partition coefficient (Wildman–Crippen LogP) is 7.19. The lowest BCUT2D eigenvalue weighted by Crippen LogP contribution is -2.31. The van der Waals surface area contributed by atoms with E-state index in [-0.39, 0.29) is 25.3 Å². The topological polar surface area (TPSA) is 125 Å². The number of ether oxygens (including phenoxy) is 2. The van der Waals surface area contributed by atoms with Crippen LogP contribution in [-0.4, -0.2) is 52.2 Å². The maximum Gasteiger partial charge on any atom is 0.387 e. The maximum absolute atomic E-state index is 14.7. The summed E-state index contributed by atoms with van der Waals surface area (Å²) < 4.78 is 121. The van der Waals surface area contributed by atoms with Crippen LogP contribution in [-0.2, 0) is 10.0 Å². The summed E-state index contributed by atoms with van der Waals surface area (Å²) in [5.41, 5.74) is 9.10. The molecule has 262 valence electrons. The van der Waals surface area contributed by atoms with Gasteiger partial charge in [0.15, 0.2) is 27.9 Å². The first-order valence-corrected chi connectivity index (χ1v) is 16.6. The molecule has 1 aliphatic rings. The second-order valence-electron chi connectivity index (χ2n) is 11.4. The molecule has 10 nitrogen and oxygen atoms in total. The third kappa shape index (κ3) is 6.18. The van der Waals surface area contributed by atoms with Gasteiger partial charge in [-0.1, -0.05) is 30.3 Å². The third-order valence-electron chi connectivity index (χ3n) is 8.35. The van der Waals surface area contributed by atoms with Gasteiger partial charge < -0.3 is 15.2 Å². The van der Waals surface area contributed by atoms with Crippen molar-refractivity contribution in [2.24, 2.45) is 0 Å². The SMILES string of the molecule is Nc1ncnc2c1c(-c1ccc(Oc3ccccc3)cc1)nn2-c1ccc([C@H]2CCN(S(=O)(=O)c3c(F)c(F)c(F)c(F)c3OC(F)F)C2)cc1. The quantitative estimate of drug-likeness (QED) is 0.0943. The fourth-order valence-electron chi connectivity index (χ4n) is 5.91. The minimum Gasteiger partial charge on any atom is -0.457 e.